The van der Waals surface area contributed by atoms with Crippen molar-refractivity contribution in [2.75, 3.05) is 26.4 Å². The van der Waals surface area contributed by atoms with E-state index in [4.69, 9.17) is 18.5 Å². The first-order valence-electron chi connectivity index (χ1n) is 17.1. The van der Waals surface area contributed by atoms with Crippen molar-refractivity contribution in [1.29, 1.82) is 0 Å². The minimum atomic E-state index is -4.62. The third-order valence-electron chi connectivity index (χ3n) is 7.23. The summed E-state index contributed by atoms with van der Waals surface area (Å²) in [4.78, 5) is 34.1. The van der Waals surface area contributed by atoms with Crippen LogP contribution in [0.25, 0.3) is 0 Å². The summed E-state index contributed by atoms with van der Waals surface area (Å²) < 4.78 is 32.3. The number of esters is 2. The van der Waals surface area contributed by atoms with E-state index in [-0.39, 0.29) is 12.8 Å². The van der Waals surface area contributed by atoms with E-state index in [2.05, 4.69) is 26.0 Å². The van der Waals surface area contributed by atoms with Gasteiger partial charge in [0.05, 0.1) is 26.4 Å². The van der Waals surface area contributed by atoms with Gasteiger partial charge in [0.1, 0.15) is 12.2 Å². The Kier molecular flexibility index (Phi) is 29.5. The number of allylic oxidation sites excluding steroid dienone is 2. The largest absolute Gasteiger partial charge is 0.472 e. The van der Waals surface area contributed by atoms with Crippen molar-refractivity contribution >= 4 is 19.8 Å². The third kappa shape index (κ3) is 28.2. The topological polar surface area (TPSA) is 149 Å². The van der Waals surface area contributed by atoms with E-state index in [0.29, 0.717) is 12.8 Å². The van der Waals surface area contributed by atoms with Gasteiger partial charge in [-0.15, -0.1) is 0 Å². The van der Waals surface area contributed by atoms with Crippen LogP contribution in [-0.4, -0.2) is 65.7 Å². The van der Waals surface area contributed by atoms with Gasteiger partial charge in [0, 0.05) is 12.8 Å². The van der Waals surface area contributed by atoms with E-state index in [1.54, 1.807) is 0 Å². The number of carbonyl (C=O) groups is 2. The van der Waals surface area contributed by atoms with Gasteiger partial charge in [-0.25, -0.2) is 4.57 Å². The van der Waals surface area contributed by atoms with Crippen molar-refractivity contribution in [1.82, 2.24) is 0 Å². The summed E-state index contributed by atoms with van der Waals surface area (Å²) in [6, 6.07) is 0. The quantitative estimate of drug-likeness (QED) is 0.0286. The fourth-order valence-electron chi connectivity index (χ4n) is 4.51. The molecule has 0 heterocycles. The van der Waals surface area contributed by atoms with Crippen LogP contribution in [0.15, 0.2) is 12.2 Å². The van der Waals surface area contributed by atoms with E-state index in [9.17, 15) is 29.3 Å². The Balaban J connectivity index is 4.05. The van der Waals surface area contributed by atoms with Crippen molar-refractivity contribution in [3.8, 4) is 0 Å². The number of phosphoric ester groups is 1. The molecule has 3 N–H and O–H groups in total. The van der Waals surface area contributed by atoms with Gasteiger partial charge in [0.25, 0.3) is 0 Å². The highest BCUT2D eigenvalue weighted by Crippen LogP contribution is 2.43. The number of rotatable bonds is 32. The van der Waals surface area contributed by atoms with Crippen LogP contribution in [0.5, 0.6) is 0 Å². The molecule has 0 spiro atoms. The molecular formula is C33H63O10P. The second-order valence-electron chi connectivity index (χ2n) is 11.5. The Bertz CT molecular complexity index is 761. The normalized spacial score (nSPS) is 14.4. The highest BCUT2D eigenvalue weighted by atomic mass is 31.2. The van der Waals surface area contributed by atoms with Gasteiger partial charge in [-0.05, 0) is 32.1 Å². The molecule has 0 aliphatic carbocycles. The molecule has 0 aliphatic heterocycles. The molecule has 3 atom stereocenters. The van der Waals surface area contributed by atoms with Crippen LogP contribution in [0.2, 0.25) is 0 Å². The summed E-state index contributed by atoms with van der Waals surface area (Å²) >= 11 is 0. The fraction of sp³-hybridized carbons (Fsp3) is 0.879. The molecule has 0 aromatic heterocycles. The van der Waals surface area contributed by atoms with E-state index in [1.165, 1.54) is 51.4 Å². The van der Waals surface area contributed by atoms with Crippen LogP contribution in [0.3, 0.4) is 0 Å². The van der Waals surface area contributed by atoms with E-state index in [0.717, 1.165) is 57.8 Å². The molecule has 11 heteroatoms. The lowest BCUT2D eigenvalue weighted by Crippen LogP contribution is -2.28. The van der Waals surface area contributed by atoms with Gasteiger partial charge in [-0.1, -0.05) is 116 Å². The molecule has 0 rings (SSSR count). The third-order valence-corrected chi connectivity index (χ3v) is 8.18. The monoisotopic (exact) mass is 650 g/mol. The zero-order chi connectivity index (χ0) is 32.7. The van der Waals surface area contributed by atoms with Crippen LogP contribution in [0, 0.1) is 0 Å². The van der Waals surface area contributed by atoms with Crippen LogP contribution >= 0.6 is 7.82 Å². The number of phosphoric acid groups is 1. The zero-order valence-corrected chi connectivity index (χ0v) is 28.5. The maximum absolute atomic E-state index is 12.2. The van der Waals surface area contributed by atoms with Crippen molar-refractivity contribution in [3.63, 3.8) is 0 Å². The standard InChI is InChI=1S/C33H63O10P/c1-3-5-7-9-11-13-15-17-19-21-23-25-33(37)43-31(27-35)29-41-44(38,39)40-28-30(26-34)42-32(36)24-22-20-18-16-14-12-10-8-6-4-2/h9,11,30-31,34-35H,3-8,10,12-29H2,1-2H3,(H,38,39)/b11-9-. The molecule has 0 aliphatic rings. The molecule has 0 saturated carbocycles. The fourth-order valence-corrected chi connectivity index (χ4v) is 5.29. The number of ether oxygens (including phenoxy) is 2. The van der Waals surface area contributed by atoms with E-state index < -0.39 is 58.4 Å². The SMILES string of the molecule is CCCC/C=C\CCCCCCCC(=O)OC(CO)COP(=O)(O)OCC(CO)OC(=O)CCCCCCCCCCCC. The van der Waals surface area contributed by atoms with E-state index >= 15 is 0 Å². The summed E-state index contributed by atoms with van der Waals surface area (Å²) in [5.74, 6) is -1.03. The van der Waals surface area contributed by atoms with Crippen molar-refractivity contribution in [3.05, 3.63) is 12.2 Å². The molecule has 0 aromatic rings. The lowest BCUT2D eigenvalue weighted by molar-refractivity contribution is -0.153. The first-order valence-corrected chi connectivity index (χ1v) is 18.6. The lowest BCUT2D eigenvalue weighted by Gasteiger charge is -2.20. The van der Waals surface area contributed by atoms with Crippen LogP contribution < -0.4 is 0 Å². The number of aliphatic hydroxyl groups excluding tert-OH is 2. The summed E-state index contributed by atoms with van der Waals surface area (Å²) in [5, 5.41) is 19.0. The first-order chi connectivity index (χ1) is 21.3. The summed E-state index contributed by atoms with van der Waals surface area (Å²) in [6.07, 6.45) is 23.4. The second kappa shape index (κ2) is 30.4. The van der Waals surface area contributed by atoms with Crippen LogP contribution in [0.4, 0.5) is 0 Å². The lowest BCUT2D eigenvalue weighted by atomic mass is 10.1. The summed E-state index contributed by atoms with van der Waals surface area (Å²) in [7, 11) is -4.62. The molecule has 44 heavy (non-hydrogen) atoms. The van der Waals surface area contributed by atoms with Gasteiger partial charge in [-0.3, -0.25) is 18.6 Å². The molecule has 0 amide bonds. The molecule has 0 saturated heterocycles. The second-order valence-corrected chi connectivity index (χ2v) is 13.0. The molecule has 3 unspecified atom stereocenters. The number of aliphatic hydroxyl groups is 2. The van der Waals surface area contributed by atoms with Crippen LogP contribution in [-0.2, 0) is 32.7 Å². The van der Waals surface area contributed by atoms with Gasteiger partial charge >= 0.3 is 19.8 Å². The molecule has 260 valence electrons. The van der Waals surface area contributed by atoms with Crippen molar-refractivity contribution < 1.29 is 47.8 Å². The first kappa shape index (κ1) is 42.7. The smallest absolute Gasteiger partial charge is 0.457 e. The Morgan fingerprint density at radius 1 is 0.591 bits per heavy atom. The van der Waals surface area contributed by atoms with Crippen molar-refractivity contribution in [2.45, 2.75) is 161 Å². The highest BCUT2D eigenvalue weighted by molar-refractivity contribution is 7.47. The predicted octanol–water partition coefficient (Wildman–Crippen LogP) is 7.72. The number of hydrogen-bond donors (Lipinski definition) is 3. The molecular weight excluding hydrogens is 587 g/mol. The Hall–Kier alpha value is -1.29. The minimum Gasteiger partial charge on any atom is -0.457 e. The van der Waals surface area contributed by atoms with Crippen molar-refractivity contribution in [2.24, 2.45) is 0 Å². The van der Waals surface area contributed by atoms with Gasteiger partial charge in [0.15, 0.2) is 0 Å². The molecule has 0 bridgehead atoms. The minimum absolute atomic E-state index is 0.184. The van der Waals surface area contributed by atoms with Gasteiger partial charge in [0.2, 0.25) is 0 Å². The average molecular weight is 651 g/mol. The molecule has 0 fully saturated rings. The summed E-state index contributed by atoms with van der Waals surface area (Å²) in [6.45, 7) is 2.11. The molecule has 0 radical (unpaired) electrons. The maximum atomic E-state index is 12.2. The Morgan fingerprint density at radius 2 is 0.955 bits per heavy atom. The maximum Gasteiger partial charge on any atom is 0.472 e. The summed E-state index contributed by atoms with van der Waals surface area (Å²) in [5.41, 5.74) is 0. The van der Waals surface area contributed by atoms with E-state index in [1.807, 2.05) is 0 Å². The number of hydrogen-bond acceptors (Lipinski definition) is 9. The van der Waals surface area contributed by atoms with Gasteiger partial charge < -0.3 is 24.6 Å². The van der Waals surface area contributed by atoms with Gasteiger partial charge in [-0.2, -0.15) is 0 Å². The van der Waals surface area contributed by atoms with Crippen LogP contribution in [0.1, 0.15) is 149 Å². The zero-order valence-electron chi connectivity index (χ0n) is 27.6. The Labute approximate surface area is 266 Å². The number of carbonyl (C=O) groups excluding carboxylic acids is 2. The highest BCUT2D eigenvalue weighted by Gasteiger charge is 2.27. The number of unbranched alkanes of at least 4 members (excludes halogenated alkanes) is 16. The predicted molar refractivity (Wildman–Crippen MR) is 173 cm³/mol. The Morgan fingerprint density at radius 3 is 1.36 bits per heavy atom. The average Bonchev–Trinajstić information content (AvgIpc) is 3.01. The molecule has 10 nitrogen and oxygen atoms in total. The molecule has 0 aromatic carbocycles.